The zero-order valence-corrected chi connectivity index (χ0v) is 15.5. The minimum Gasteiger partial charge on any atom is -0.852 e. The summed E-state index contributed by atoms with van der Waals surface area (Å²) in [5.41, 5.74) is 0. The molecule has 0 aromatic rings. The predicted octanol–water partition coefficient (Wildman–Crippen LogP) is -0.860. The van der Waals surface area contributed by atoms with Crippen LogP contribution in [0.3, 0.4) is 0 Å². The third kappa shape index (κ3) is 50.5. The van der Waals surface area contributed by atoms with Gasteiger partial charge in [0.1, 0.15) is 17.3 Å². The van der Waals surface area contributed by atoms with Crippen molar-refractivity contribution in [2.75, 3.05) is 0 Å². The van der Waals surface area contributed by atoms with Crippen LogP contribution in [-0.2, 0) is 31.7 Å². The molecule has 0 aliphatic rings. The molecule has 0 spiro atoms. The second-order valence-electron chi connectivity index (χ2n) is 5.15. The summed E-state index contributed by atoms with van der Waals surface area (Å²) in [5, 5.41) is 30.4. The molecular weight excluding hydrogens is 328 g/mol. The molecular formula is C15H27CrO6. The maximum Gasteiger partial charge on any atom is 3.00 e. The van der Waals surface area contributed by atoms with Crippen molar-refractivity contribution in [2.24, 2.45) is 0 Å². The Hall–Kier alpha value is -0.578. The summed E-state index contributed by atoms with van der Waals surface area (Å²) in [4.78, 5) is 30.2. The molecule has 6 nitrogen and oxygen atoms in total. The summed E-state index contributed by atoms with van der Waals surface area (Å²) in [5.74, 6) is -0.0764. The van der Waals surface area contributed by atoms with Crippen LogP contribution in [0.15, 0.2) is 0 Å². The molecule has 0 aromatic carbocycles. The van der Waals surface area contributed by atoms with E-state index in [2.05, 4.69) is 0 Å². The summed E-state index contributed by atoms with van der Waals surface area (Å²) in [6.45, 7) is 8.74. The molecule has 0 bridgehead atoms. The first-order chi connectivity index (χ1) is 9.38. The van der Waals surface area contributed by atoms with E-state index in [0.29, 0.717) is 0 Å². The maximum atomic E-state index is 10.1. The van der Waals surface area contributed by atoms with Crippen LogP contribution < -0.4 is 15.3 Å². The molecule has 0 saturated heterocycles. The van der Waals surface area contributed by atoms with Crippen molar-refractivity contribution in [3.63, 3.8) is 0 Å². The molecule has 0 rings (SSSR count). The van der Waals surface area contributed by atoms with Gasteiger partial charge in [0.2, 0.25) is 0 Å². The van der Waals surface area contributed by atoms with E-state index in [1.807, 2.05) is 0 Å². The second kappa shape index (κ2) is 18.5. The van der Waals surface area contributed by atoms with E-state index in [0.717, 1.165) is 0 Å². The van der Waals surface area contributed by atoms with Crippen molar-refractivity contribution in [2.45, 2.75) is 79.1 Å². The van der Waals surface area contributed by atoms with Crippen LogP contribution in [0, 0.1) is 0 Å². The van der Waals surface area contributed by atoms with Crippen LogP contribution >= 0.6 is 0 Å². The number of ketones is 3. The van der Waals surface area contributed by atoms with Crippen molar-refractivity contribution >= 4 is 17.3 Å². The normalized spacial score (nSPS) is 13.0. The first-order valence-corrected chi connectivity index (χ1v) is 6.84. The molecule has 0 heterocycles. The first kappa shape index (κ1) is 29.4. The average Bonchev–Trinajstić information content (AvgIpc) is 2.10. The second-order valence-corrected chi connectivity index (χ2v) is 5.15. The van der Waals surface area contributed by atoms with Gasteiger partial charge in [-0.25, -0.2) is 0 Å². The van der Waals surface area contributed by atoms with E-state index in [1.54, 1.807) is 0 Å². The molecule has 3 atom stereocenters. The fraction of sp³-hybridized carbons (Fsp3) is 0.800. The zero-order chi connectivity index (χ0) is 17.6. The Kier molecular flexibility index (Phi) is 24.7. The summed E-state index contributed by atoms with van der Waals surface area (Å²) in [7, 11) is 0. The Morgan fingerprint density at radius 2 is 0.773 bits per heavy atom. The average molecular weight is 355 g/mol. The van der Waals surface area contributed by atoms with E-state index in [-0.39, 0.29) is 54.0 Å². The van der Waals surface area contributed by atoms with E-state index >= 15 is 0 Å². The zero-order valence-electron chi connectivity index (χ0n) is 14.2. The van der Waals surface area contributed by atoms with Gasteiger partial charge in [-0.2, -0.15) is 0 Å². The van der Waals surface area contributed by atoms with Crippen molar-refractivity contribution < 1.29 is 47.1 Å². The topological polar surface area (TPSA) is 120 Å². The molecule has 0 aliphatic heterocycles. The SMILES string of the molecule is CC(=O)CC(C)[O-].CC(=O)CC(C)[O-].CC(=O)CC(C)[O-].[Cr+3]. The Morgan fingerprint density at radius 3 is 0.773 bits per heavy atom. The fourth-order valence-corrected chi connectivity index (χ4v) is 1.21. The summed E-state index contributed by atoms with van der Waals surface area (Å²) in [6, 6.07) is 0. The van der Waals surface area contributed by atoms with E-state index in [4.69, 9.17) is 0 Å². The van der Waals surface area contributed by atoms with E-state index in [9.17, 15) is 29.7 Å². The molecule has 3 unspecified atom stereocenters. The number of carbonyl (C=O) groups is 3. The van der Waals surface area contributed by atoms with Gasteiger partial charge in [-0.1, -0.05) is 20.8 Å². The maximum absolute atomic E-state index is 10.1. The van der Waals surface area contributed by atoms with E-state index in [1.165, 1.54) is 41.5 Å². The Bertz CT molecular complexity index is 253. The van der Waals surface area contributed by atoms with Crippen molar-refractivity contribution in [3.05, 3.63) is 0 Å². The Labute approximate surface area is 144 Å². The summed E-state index contributed by atoms with van der Waals surface area (Å²) < 4.78 is 0. The molecule has 0 saturated carbocycles. The molecule has 129 valence electrons. The quantitative estimate of drug-likeness (QED) is 0.611. The number of hydrogen-bond acceptors (Lipinski definition) is 6. The van der Waals surface area contributed by atoms with Gasteiger partial charge in [0.05, 0.1) is 0 Å². The molecule has 0 N–H and O–H groups in total. The number of Topliss-reactive ketones (excluding diaryl/α,β-unsaturated/α-hetero) is 3. The van der Waals surface area contributed by atoms with Crippen molar-refractivity contribution in [1.29, 1.82) is 0 Å². The first-order valence-electron chi connectivity index (χ1n) is 6.84. The molecule has 7 heteroatoms. The van der Waals surface area contributed by atoms with E-state index < -0.39 is 18.3 Å². The number of rotatable bonds is 6. The van der Waals surface area contributed by atoms with Crippen molar-refractivity contribution in [1.82, 2.24) is 0 Å². The largest absolute Gasteiger partial charge is 3.00 e. The third-order valence-corrected chi connectivity index (χ3v) is 1.72. The Morgan fingerprint density at radius 1 is 0.636 bits per heavy atom. The van der Waals surface area contributed by atoms with Gasteiger partial charge in [-0.15, -0.1) is 18.3 Å². The van der Waals surface area contributed by atoms with Crippen LogP contribution in [-0.4, -0.2) is 35.7 Å². The van der Waals surface area contributed by atoms with Gasteiger partial charge < -0.3 is 29.7 Å². The van der Waals surface area contributed by atoms with Gasteiger partial charge in [-0.3, -0.25) is 0 Å². The molecule has 0 fully saturated rings. The smallest absolute Gasteiger partial charge is 0.852 e. The van der Waals surface area contributed by atoms with Crippen LogP contribution in [0.4, 0.5) is 0 Å². The van der Waals surface area contributed by atoms with Gasteiger partial charge in [-0.05, 0) is 40.0 Å². The molecule has 1 radical (unpaired) electrons. The fourth-order valence-electron chi connectivity index (χ4n) is 1.21. The molecule has 0 amide bonds. The van der Waals surface area contributed by atoms with Gasteiger partial charge >= 0.3 is 17.4 Å². The minimum atomic E-state index is -0.725. The van der Waals surface area contributed by atoms with Crippen LogP contribution in [0.2, 0.25) is 0 Å². The van der Waals surface area contributed by atoms with Crippen molar-refractivity contribution in [3.8, 4) is 0 Å². The number of carbonyl (C=O) groups excluding carboxylic acids is 3. The Balaban J connectivity index is -0.000000108. The molecule has 22 heavy (non-hydrogen) atoms. The summed E-state index contributed by atoms with van der Waals surface area (Å²) >= 11 is 0. The van der Waals surface area contributed by atoms with Gasteiger partial charge in [0, 0.05) is 0 Å². The third-order valence-electron chi connectivity index (χ3n) is 1.72. The minimum absolute atomic E-state index is 0. The monoisotopic (exact) mass is 355 g/mol. The van der Waals surface area contributed by atoms with Gasteiger partial charge in [0.25, 0.3) is 0 Å². The molecule has 0 aromatic heterocycles. The molecule has 0 aliphatic carbocycles. The predicted molar refractivity (Wildman–Crippen MR) is 74.3 cm³/mol. The van der Waals surface area contributed by atoms with Crippen LogP contribution in [0.1, 0.15) is 60.8 Å². The van der Waals surface area contributed by atoms with Crippen LogP contribution in [0.5, 0.6) is 0 Å². The summed E-state index contributed by atoms with van der Waals surface area (Å²) in [6.07, 6.45) is -1.67. The number of hydrogen-bond donors (Lipinski definition) is 0. The van der Waals surface area contributed by atoms with Gasteiger partial charge in [0.15, 0.2) is 0 Å². The standard InChI is InChI=1S/3C5H9O2.Cr/c3*1-4(6)3-5(2)7;/h3*4H,3H2,1-2H3;/q3*-1;+3. The van der Waals surface area contributed by atoms with Crippen LogP contribution in [0.25, 0.3) is 0 Å².